The average molecular weight is 295 g/mol. The molecule has 19 heavy (non-hydrogen) atoms. The second-order valence-electron chi connectivity index (χ2n) is 4.40. The molecular weight excluding hydrogens is 279 g/mol. The third-order valence-electron chi connectivity index (χ3n) is 2.75. The monoisotopic (exact) mass is 295 g/mol. The van der Waals surface area contributed by atoms with Gasteiger partial charge in [-0.3, -0.25) is 0 Å². The van der Waals surface area contributed by atoms with Crippen molar-refractivity contribution in [2.75, 3.05) is 19.1 Å². The molecule has 0 aliphatic heterocycles. The van der Waals surface area contributed by atoms with Crippen LogP contribution in [-0.4, -0.2) is 27.5 Å². The van der Waals surface area contributed by atoms with E-state index in [0.29, 0.717) is 12.1 Å². The summed E-state index contributed by atoms with van der Waals surface area (Å²) in [5.41, 5.74) is -0.266. The molecule has 3 nitrogen and oxygen atoms in total. The van der Waals surface area contributed by atoms with Gasteiger partial charge in [0.15, 0.2) is 0 Å². The van der Waals surface area contributed by atoms with Crippen LogP contribution >= 0.6 is 0 Å². The fourth-order valence-electron chi connectivity index (χ4n) is 1.87. The number of sulfone groups is 1. The molecule has 1 rings (SSSR count). The van der Waals surface area contributed by atoms with Crippen LogP contribution in [0.3, 0.4) is 0 Å². The van der Waals surface area contributed by atoms with Crippen LogP contribution in [0.1, 0.15) is 24.4 Å². The van der Waals surface area contributed by atoms with E-state index in [1.54, 1.807) is 0 Å². The molecule has 0 aromatic heterocycles. The number of hydrogen-bond donors (Lipinski definition) is 1. The molecule has 1 aromatic carbocycles. The molecule has 0 heterocycles. The number of hydrogen-bond acceptors (Lipinski definition) is 3. The van der Waals surface area contributed by atoms with Crippen LogP contribution in [0.25, 0.3) is 0 Å². The Morgan fingerprint density at radius 3 is 2.16 bits per heavy atom. The van der Waals surface area contributed by atoms with Gasteiger partial charge in [0, 0.05) is 35.7 Å². The largest absolute Gasteiger partial charge is 0.313 e. The van der Waals surface area contributed by atoms with E-state index < -0.39 is 33.3 Å². The Kier molecular flexibility index (Phi) is 5.37. The highest BCUT2D eigenvalue weighted by Gasteiger charge is 2.20. The van der Waals surface area contributed by atoms with Crippen molar-refractivity contribution in [1.82, 2.24) is 5.32 Å². The molecule has 0 bridgehead atoms. The summed E-state index contributed by atoms with van der Waals surface area (Å²) in [5, 5.41) is 2.71. The molecule has 108 valence electrons. The normalized spacial score (nSPS) is 13.5. The molecule has 0 radical (unpaired) electrons. The molecule has 0 saturated carbocycles. The van der Waals surface area contributed by atoms with E-state index in [-0.39, 0.29) is 24.2 Å². The van der Waals surface area contributed by atoms with Gasteiger partial charge in [-0.25, -0.2) is 21.6 Å². The molecule has 1 aromatic rings. The fraction of sp³-hybridized carbons (Fsp3) is 0.500. The molecule has 7 heteroatoms. The zero-order valence-corrected chi connectivity index (χ0v) is 11.5. The van der Waals surface area contributed by atoms with Gasteiger partial charge in [0.25, 0.3) is 0 Å². The van der Waals surface area contributed by atoms with Crippen LogP contribution in [0.15, 0.2) is 12.1 Å². The van der Waals surface area contributed by atoms with Gasteiger partial charge >= 0.3 is 0 Å². The van der Waals surface area contributed by atoms with E-state index in [1.165, 1.54) is 7.05 Å². The number of nitrogens with one attached hydrogen (secondary N) is 1. The number of rotatable bonds is 6. The third kappa shape index (κ3) is 4.83. The Hall–Kier alpha value is -1.08. The smallest absolute Gasteiger partial charge is 0.147 e. The van der Waals surface area contributed by atoms with Crippen molar-refractivity contribution in [2.24, 2.45) is 0 Å². The van der Waals surface area contributed by atoms with Crippen molar-refractivity contribution >= 4 is 9.84 Å². The first-order chi connectivity index (χ1) is 8.74. The molecule has 0 amide bonds. The second-order valence-corrected chi connectivity index (χ2v) is 6.66. The first kappa shape index (κ1) is 16.0. The summed E-state index contributed by atoms with van der Waals surface area (Å²) in [6.45, 7) is 0. The molecule has 0 aliphatic carbocycles. The average Bonchev–Trinajstić information content (AvgIpc) is 2.23. The Morgan fingerprint density at radius 1 is 1.21 bits per heavy atom. The maximum atomic E-state index is 13.6. The van der Waals surface area contributed by atoms with Gasteiger partial charge in [-0.2, -0.15) is 0 Å². The standard InChI is InChI=1S/C12H16F3NO2S/c1-16-11(4-3-5-19(2,17)18)12-9(14)6-8(13)7-10(12)15/h6-7,11,16H,3-5H2,1-2H3. The number of benzene rings is 1. The molecule has 0 aliphatic rings. The van der Waals surface area contributed by atoms with Crippen LogP contribution in [-0.2, 0) is 9.84 Å². The lowest BCUT2D eigenvalue weighted by atomic mass is 10.0. The fourth-order valence-corrected chi connectivity index (χ4v) is 2.56. The highest BCUT2D eigenvalue weighted by Crippen LogP contribution is 2.25. The van der Waals surface area contributed by atoms with Gasteiger partial charge in [-0.1, -0.05) is 0 Å². The molecule has 1 atom stereocenters. The Bertz CT molecular complexity index is 523. The van der Waals surface area contributed by atoms with E-state index >= 15 is 0 Å². The quantitative estimate of drug-likeness (QED) is 0.875. The van der Waals surface area contributed by atoms with Crippen molar-refractivity contribution in [3.05, 3.63) is 35.1 Å². The lowest BCUT2D eigenvalue weighted by molar-refractivity contribution is 0.457. The summed E-state index contributed by atoms with van der Waals surface area (Å²) in [7, 11) is -1.61. The van der Waals surface area contributed by atoms with Gasteiger partial charge in [-0.05, 0) is 19.9 Å². The summed E-state index contributed by atoms with van der Waals surface area (Å²) in [4.78, 5) is 0. The molecule has 0 fully saturated rings. The minimum Gasteiger partial charge on any atom is -0.313 e. The summed E-state index contributed by atoms with van der Waals surface area (Å²) >= 11 is 0. The van der Waals surface area contributed by atoms with Crippen molar-refractivity contribution in [3.63, 3.8) is 0 Å². The molecule has 1 N–H and O–H groups in total. The Morgan fingerprint density at radius 2 is 1.74 bits per heavy atom. The van der Waals surface area contributed by atoms with E-state index in [9.17, 15) is 21.6 Å². The van der Waals surface area contributed by atoms with E-state index in [4.69, 9.17) is 0 Å². The summed E-state index contributed by atoms with van der Waals surface area (Å²) in [5.74, 6) is -2.99. The van der Waals surface area contributed by atoms with Gasteiger partial charge in [-0.15, -0.1) is 0 Å². The van der Waals surface area contributed by atoms with Gasteiger partial charge in [0.2, 0.25) is 0 Å². The second kappa shape index (κ2) is 6.38. The minimum atomic E-state index is -3.11. The highest BCUT2D eigenvalue weighted by molar-refractivity contribution is 7.90. The predicted molar refractivity (Wildman–Crippen MR) is 67.1 cm³/mol. The number of halogens is 3. The van der Waals surface area contributed by atoms with Crippen molar-refractivity contribution in [3.8, 4) is 0 Å². The Labute approximate surface area is 110 Å². The van der Waals surface area contributed by atoms with E-state index in [1.807, 2.05) is 0 Å². The van der Waals surface area contributed by atoms with Crippen LogP contribution < -0.4 is 5.32 Å². The van der Waals surface area contributed by atoms with Gasteiger partial charge in [0.05, 0.1) is 0 Å². The molecule has 0 spiro atoms. The van der Waals surface area contributed by atoms with E-state index in [2.05, 4.69) is 5.32 Å². The topological polar surface area (TPSA) is 46.2 Å². The predicted octanol–water partition coefficient (Wildman–Crippen LogP) is 2.19. The van der Waals surface area contributed by atoms with Crippen molar-refractivity contribution in [2.45, 2.75) is 18.9 Å². The lowest BCUT2D eigenvalue weighted by Crippen LogP contribution is -2.20. The van der Waals surface area contributed by atoms with Crippen molar-refractivity contribution in [1.29, 1.82) is 0 Å². The van der Waals surface area contributed by atoms with Crippen molar-refractivity contribution < 1.29 is 21.6 Å². The zero-order valence-electron chi connectivity index (χ0n) is 10.7. The van der Waals surface area contributed by atoms with Crippen LogP contribution in [0.4, 0.5) is 13.2 Å². The maximum absolute atomic E-state index is 13.6. The van der Waals surface area contributed by atoms with Gasteiger partial charge < -0.3 is 5.32 Å². The third-order valence-corrected chi connectivity index (χ3v) is 3.78. The summed E-state index contributed by atoms with van der Waals surface area (Å²) in [6, 6.07) is 0.529. The van der Waals surface area contributed by atoms with Crippen LogP contribution in [0, 0.1) is 17.5 Å². The lowest BCUT2D eigenvalue weighted by Gasteiger charge is -2.18. The minimum absolute atomic E-state index is 0.0599. The van der Waals surface area contributed by atoms with Crippen LogP contribution in [0.2, 0.25) is 0 Å². The first-order valence-electron chi connectivity index (χ1n) is 5.74. The molecular formula is C12H16F3NO2S. The summed E-state index contributed by atoms with van der Waals surface area (Å²) < 4.78 is 61.9. The van der Waals surface area contributed by atoms with Crippen LogP contribution in [0.5, 0.6) is 0 Å². The molecule has 1 unspecified atom stereocenters. The SMILES string of the molecule is CNC(CCCS(C)(=O)=O)c1c(F)cc(F)cc1F. The summed E-state index contributed by atoms with van der Waals surface area (Å²) in [6.07, 6.45) is 1.60. The highest BCUT2D eigenvalue weighted by atomic mass is 32.2. The van der Waals surface area contributed by atoms with E-state index in [0.717, 1.165) is 6.26 Å². The Balaban J connectivity index is 2.86. The maximum Gasteiger partial charge on any atom is 0.147 e. The molecule has 0 saturated heterocycles. The zero-order chi connectivity index (χ0) is 14.6. The van der Waals surface area contributed by atoms with Gasteiger partial charge in [0.1, 0.15) is 27.3 Å². The first-order valence-corrected chi connectivity index (χ1v) is 7.80.